The Hall–Kier alpha value is -2.18. The number of halogens is 1. The van der Waals surface area contributed by atoms with Gasteiger partial charge in [0.05, 0.1) is 10.6 Å². The van der Waals surface area contributed by atoms with Gasteiger partial charge in [0.15, 0.2) is 0 Å². The fraction of sp³-hybridized carbons (Fsp3) is 0.381. The third-order valence-corrected chi connectivity index (χ3v) is 9.29. The summed E-state index contributed by atoms with van der Waals surface area (Å²) in [6.45, 7) is 2.26. The smallest absolute Gasteiger partial charge is 0.281 e. The Bertz CT molecular complexity index is 1220. The SMILES string of the molecule is Cc1c(Cl)cccc1NS(=O)(=O)c1ccc(NC(=O)C2CCN(S(=O)(=O)N(C)C)CC2)cc1. The average Bonchev–Trinajstić information content (AvgIpc) is 2.77. The maximum absolute atomic E-state index is 12.7. The molecule has 180 valence electrons. The van der Waals surface area contributed by atoms with E-state index >= 15 is 0 Å². The molecule has 0 spiro atoms. The predicted molar refractivity (Wildman–Crippen MR) is 129 cm³/mol. The number of amides is 1. The lowest BCUT2D eigenvalue weighted by Crippen LogP contribution is -2.46. The number of carbonyl (C=O) groups excluding carboxylic acids is 1. The van der Waals surface area contributed by atoms with Crippen molar-refractivity contribution in [3.8, 4) is 0 Å². The molecular weight excluding hydrogens is 488 g/mol. The summed E-state index contributed by atoms with van der Waals surface area (Å²) in [6.07, 6.45) is 0.822. The van der Waals surface area contributed by atoms with Gasteiger partial charge < -0.3 is 5.32 Å². The van der Waals surface area contributed by atoms with Gasteiger partial charge in [0.2, 0.25) is 5.91 Å². The zero-order valence-electron chi connectivity index (χ0n) is 18.6. The van der Waals surface area contributed by atoms with Gasteiger partial charge in [-0.2, -0.15) is 17.0 Å². The normalized spacial score (nSPS) is 16.0. The van der Waals surface area contributed by atoms with Crippen molar-refractivity contribution in [3.63, 3.8) is 0 Å². The van der Waals surface area contributed by atoms with Crippen LogP contribution in [0.4, 0.5) is 11.4 Å². The van der Waals surface area contributed by atoms with Crippen molar-refractivity contribution < 1.29 is 21.6 Å². The molecule has 0 saturated carbocycles. The van der Waals surface area contributed by atoms with Crippen molar-refractivity contribution >= 4 is 49.1 Å². The zero-order valence-corrected chi connectivity index (χ0v) is 21.0. The maximum Gasteiger partial charge on any atom is 0.281 e. The van der Waals surface area contributed by atoms with Gasteiger partial charge in [-0.15, -0.1) is 0 Å². The summed E-state index contributed by atoms with van der Waals surface area (Å²) >= 11 is 6.06. The van der Waals surface area contributed by atoms with E-state index in [9.17, 15) is 21.6 Å². The summed E-state index contributed by atoms with van der Waals surface area (Å²) in [5, 5.41) is 3.24. The van der Waals surface area contributed by atoms with Crippen LogP contribution in [0.2, 0.25) is 5.02 Å². The predicted octanol–water partition coefficient (Wildman–Crippen LogP) is 2.91. The van der Waals surface area contributed by atoms with Gasteiger partial charge in [-0.3, -0.25) is 9.52 Å². The third kappa shape index (κ3) is 5.85. The van der Waals surface area contributed by atoms with E-state index in [0.29, 0.717) is 34.8 Å². The molecule has 0 bridgehead atoms. The van der Waals surface area contributed by atoms with E-state index in [1.165, 1.54) is 42.7 Å². The first kappa shape index (κ1) is 25.4. The van der Waals surface area contributed by atoms with Gasteiger partial charge in [-0.25, -0.2) is 8.42 Å². The molecule has 9 nitrogen and oxygen atoms in total. The molecule has 0 radical (unpaired) electrons. The van der Waals surface area contributed by atoms with Crippen LogP contribution in [0.3, 0.4) is 0 Å². The molecule has 1 amide bonds. The van der Waals surface area contributed by atoms with E-state index in [2.05, 4.69) is 10.0 Å². The van der Waals surface area contributed by atoms with Crippen molar-refractivity contribution in [2.45, 2.75) is 24.7 Å². The Morgan fingerprint density at radius 2 is 1.64 bits per heavy atom. The molecule has 1 heterocycles. The number of anilines is 2. The molecule has 0 unspecified atom stereocenters. The largest absolute Gasteiger partial charge is 0.326 e. The highest BCUT2D eigenvalue weighted by Gasteiger charge is 2.32. The van der Waals surface area contributed by atoms with E-state index in [1.807, 2.05) is 0 Å². The minimum absolute atomic E-state index is 0.0436. The summed E-state index contributed by atoms with van der Waals surface area (Å²) in [7, 11) is -4.37. The molecule has 1 aliphatic rings. The van der Waals surface area contributed by atoms with Crippen molar-refractivity contribution in [3.05, 3.63) is 53.1 Å². The van der Waals surface area contributed by atoms with Gasteiger partial charge >= 0.3 is 0 Å². The highest BCUT2D eigenvalue weighted by molar-refractivity contribution is 7.92. The van der Waals surface area contributed by atoms with E-state index in [0.717, 1.165) is 4.31 Å². The van der Waals surface area contributed by atoms with Gasteiger partial charge in [-0.05, 0) is 61.7 Å². The fourth-order valence-electron chi connectivity index (χ4n) is 3.46. The Morgan fingerprint density at radius 1 is 1.03 bits per heavy atom. The maximum atomic E-state index is 12.7. The standard InChI is InChI=1S/C21H27ClN4O5S2/c1-15-19(22)5-4-6-20(15)24-32(28,29)18-9-7-17(8-10-18)23-21(27)16-11-13-26(14-12-16)33(30,31)25(2)3/h4-10,16,24H,11-14H2,1-3H3,(H,23,27). The quantitative estimate of drug-likeness (QED) is 0.589. The van der Waals surface area contributed by atoms with Crippen LogP contribution in [0, 0.1) is 12.8 Å². The van der Waals surface area contributed by atoms with Crippen LogP contribution in [0.25, 0.3) is 0 Å². The van der Waals surface area contributed by atoms with Crippen LogP contribution in [0.5, 0.6) is 0 Å². The van der Waals surface area contributed by atoms with Gasteiger partial charge in [0.25, 0.3) is 20.2 Å². The molecular formula is C21H27ClN4O5S2. The number of hydrogen-bond acceptors (Lipinski definition) is 5. The molecule has 0 aromatic heterocycles. The Morgan fingerprint density at radius 3 is 2.21 bits per heavy atom. The number of carbonyl (C=O) groups is 1. The van der Waals surface area contributed by atoms with E-state index in [4.69, 9.17) is 11.6 Å². The number of sulfonamides is 1. The third-order valence-electron chi connectivity index (χ3n) is 5.56. The van der Waals surface area contributed by atoms with Gasteiger partial charge in [-0.1, -0.05) is 17.7 Å². The van der Waals surface area contributed by atoms with Crippen molar-refractivity contribution in [2.24, 2.45) is 5.92 Å². The zero-order chi connectivity index (χ0) is 24.4. The average molecular weight is 515 g/mol. The van der Waals surface area contributed by atoms with Crippen LogP contribution in [0.1, 0.15) is 18.4 Å². The second kappa shape index (κ2) is 9.98. The molecule has 2 aromatic rings. The van der Waals surface area contributed by atoms with Crippen LogP contribution in [-0.4, -0.2) is 58.5 Å². The summed E-state index contributed by atoms with van der Waals surface area (Å²) < 4.78 is 54.9. The first-order valence-corrected chi connectivity index (χ1v) is 13.5. The lowest BCUT2D eigenvalue weighted by molar-refractivity contribution is -0.120. The molecule has 1 fully saturated rings. The molecule has 0 atom stereocenters. The topological polar surface area (TPSA) is 116 Å². The number of hydrogen-bond donors (Lipinski definition) is 2. The minimum Gasteiger partial charge on any atom is -0.326 e. The fourth-order valence-corrected chi connectivity index (χ4v) is 5.89. The molecule has 1 aliphatic heterocycles. The molecule has 2 N–H and O–H groups in total. The molecule has 3 rings (SSSR count). The molecule has 1 saturated heterocycles. The summed E-state index contributed by atoms with van der Waals surface area (Å²) in [6, 6.07) is 10.8. The summed E-state index contributed by atoms with van der Waals surface area (Å²) in [5.74, 6) is -0.547. The van der Waals surface area contributed by atoms with Crippen molar-refractivity contribution in [1.82, 2.24) is 8.61 Å². The summed E-state index contributed by atoms with van der Waals surface area (Å²) in [4.78, 5) is 12.7. The van der Waals surface area contributed by atoms with Crippen LogP contribution < -0.4 is 10.0 Å². The summed E-state index contributed by atoms with van der Waals surface area (Å²) in [5.41, 5.74) is 1.47. The lowest BCUT2D eigenvalue weighted by atomic mass is 9.97. The first-order chi connectivity index (χ1) is 15.4. The van der Waals surface area contributed by atoms with Crippen molar-refractivity contribution in [1.29, 1.82) is 0 Å². The number of rotatable bonds is 7. The second-order valence-corrected chi connectivity index (χ2v) is 12.2. The molecule has 12 heteroatoms. The van der Waals surface area contributed by atoms with Crippen LogP contribution >= 0.6 is 11.6 Å². The molecule has 2 aromatic carbocycles. The number of nitrogens with one attached hydrogen (secondary N) is 2. The van der Waals surface area contributed by atoms with E-state index in [-0.39, 0.29) is 29.8 Å². The Kier molecular flexibility index (Phi) is 7.69. The highest BCUT2D eigenvalue weighted by Crippen LogP contribution is 2.26. The van der Waals surface area contributed by atoms with Crippen LogP contribution in [0.15, 0.2) is 47.4 Å². The van der Waals surface area contributed by atoms with Crippen molar-refractivity contribution in [2.75, 3.05) is 37.2 Å². The first-order valence-electron chi connectivity index (χ1n) is 10.3. The minimum atomic E-state index is -3.83. The second-order valence-electron chi connectivity index (χ2n) is 8.00. The van der Waals surface area contributed by atoms with Crippen LogP contribution in [-0.2, 0) is 25.0 Å². The van der Waals surface area contributed by atoms with E-state index in [1.54, 1.807) is 25.1 Å². The van der Waals surface area contributed by atoms with E-state index < -0.39 is 20.2 Å². The highest BCUT2D eigenvalue weighted by atomic mass is 35.5. The number of nitrogens with zero attached hydrogens (tertiary/aromatic N) is 2. The Labute approximate surface area is 200 Å². The van der Waals surface area contributed by atoms with Gasteiger partial charge in [0.1, 0.15) is 0 Å². The number of benzene rings is 2. The number of piperidine rings is 1. The molecule has 0 aliphatic carbocycles. The molecule has 33 heavy (non-hydrogen) atoms. The lowest BCUT2D eigenvalue weighted by Gasteiger charge is -2.32. The van der Waals surface area contributed by atoms with Gasteiger partial charge in [0, 0.05) is 43.8 Å². The Balaban J connectivity index is 1.61. The monoisotopic (exact) mass is 514 g/mol.